The highest BCUT2D eigenvalue weighted by atomic mass is 15.3. The Morgan fingerprint density at radius 3 is 2.77 bits per heavy atom. The van der Waals surface area contributed by atoms with Gasteiger partial charge in [0.05, 0.1) is 0 Å². The SMILES string of the molecule is CN=C(NCCCCN1CCCC1)N1CCc2ccccc21. The maximum absolute atomic E-state index is 4.47. The summed E-state index contributed by atoms with van der Waals surface area (Å²) in [6.07, 6.45) is 6.38. The number of guanidine groups is 1. The number of unbranched alkanes of at least 4 members (excludes halogenated alkanes) is 1. The molecule has 2 aliphatic heterocycles. The number of nitrogens with zero attached hydrogens (tertiary/aromatic N) is 3. The van der Waals surface area contributed by atoms with E-state index in [4.69, 9.17) is 0 Å². The molecule has 2 heterocycles. The lowest BCUT2D eigenvalue weighted by atomic mass is 10.2. The van der Waals surface area contributed by atoms with Crippen LogP contribution in [0.4, 0.5) is 5.69 Å². The van der Waals surface area contributed by atoms with Crippen molar-refractivity contribution in [1.82, 2.24) is 10.2 Å². The van der Waals surface area contributed by atoms with Crippen molar-refractivity contribution in [2.75, 3.05) is 44.7 Å². The number of benzene rings is 1. The van der Waals surface area contributed by atoms with E-state index in [1.807, 2.05) is 7.05 Å². The molecule has 0 saturated carbocycles. The van der Waals surface area contributed by atoms with Crippen LogP contribution in [0.2, 0.25) is 0 Å². The largest absolute Gasteiger partial charge is 0.356 e. The van der Waals surface area contributed by atoms with Crippen LogP contribution in [0.5, 0.6) is 0 Å². The fraction of sp³-hybridized carbons (Fsp3) is 0.611. The number of likely N-dealkylation sites (tertiary alicyclic amines) is 1. The number of para-hydroxylation sites is 1. The van der Waals surface area contributed by atoms with Gasteiger partial charge in [-0.2, -0.15) is 0 Å². The van der Waals surface area contributed by atoms with E-state index >= 15 is 0 Å². The minimum absolute atomic E-state index is 1.01. The van der Waals surface area contributed by atoms with Crippen LogP contribution in [0, 0.1) is 0 Å². The normalized spacial score (nSPS) is 18.8. The molecule has 22 heavy (non-hydrogen) atoms. The summed E-state index contributed by atoms with van der Waals surface area (Å²) < 4.78 is 0. The summed E-state index contributed by atoms with van der Waals surface area (Å²) in [5.41, 5.74) is 2.74. The van der Waals surface area contributed by atoms with Crippen LogP contribution in [0.25, 0.3) is 0 Å². The van der Waals surface area contributed by atoms with Crippen molar-refractivity contribution in [3.05, 3.63) is 29.8 Å². The molecular weight excluding hydrogens is 272 g/mol. The van der Waals surface area contributed by atoms with E-state index in [0.29, 0.717) is 0 Å². The highest BCUT2D eigenvalue weighted by molar-refractivity contribution is 5.97. The third kappa shape index (κ3) is 3.61. The fourth-order valence-electron chi connectivity index (χ4n) is 3.52. The summed E-state index contributed by atoms with van der Waals surface area (Å²) in [7, 11) is 1.88. The van der Waals surface area contributed by atoms with E-state index in [1.54, 1.807) is 0 Å². The zero-order chi connectivity index (χ0) is 15.2. The van der Waals surface area contributed by atoms with E-state index in [2.05, 4.69) is 44.4 Å². The average molecular weight is 300 g/mol. The van der Waals surface area contributed by atoms with E-state index < -0.39 is 0 Å². The smallest absolute Gasteiger partial charge is 0.198 e. The first-order chi connectivity index (χ1) is 10.9. The number of rotatable bonds is 5. The van der Waals surface area contributed by atoms with E-state index in [0.717, 1.165) is 25.5 Å². The number of hydrogen-bond donors (Lipinski definition) is 1. The predicted molar refractivity (Wildman–Crippen MR) is 93.8 cm³/mol. The molecular formula is C18H28N4. The van der Waals surface area contributed by atoms with Gasteiger partial charge in [-0.1, -0.05) is 18.2 Å². The van der Waals surface area contributed by atoms with Gasteiger partial charge in [-0.15, -0.1) is 0 Å². The molecule has 2 aliphatic rings. The van der Waals surface area contributed by atoms with Gasteiger partial charge in [0.15, 0.2) is 5.96 Å². The van der Waals surface area contributed by atoms with Crippen molar-refractivity contribution >= 4 is 11.6 Å². The van der Waals surface area contributed by atoms with Crippen LogP contribution in [-0.2, 0) is 6.42 Å². The molecule has 0 radical (unpaired) electrons. The number of fused-ring (bicyclic) bond motifs is 1. The number of aliphatic imine (C=N–C) groups is 1. The maximum atomic E-state index is 4.47. The Labute approximate surface area is 134 Å². The zero-order valence-electron chi connectivity index (χ0n) is 13.7. The second kappa shape index (κ2) is 7.63. The molecule has 0 aromatic heterocycles. The molecule has 0 amide bonds. The Hall–Kier alpha value is -1.55. The summed E-state index contributed by atoms with van der Waals surface area (Å²) in [6.45, 7) is 5.91. The van der Waals surface area contributed by atoms with Crippen molar-refractivity contribution in [1.29, 1.82) is 0 Å². The van der Waals surface area contributed by atoms with Gasteiger partial charge >= 0.3 is 0 Å². The van der Waals surface area contributed by atoms with Crippen LogP contribution in [0.15, 0.2) is 29.3 Å². The Bertz CT molecular complexity index is 506. The van der Waals surface area contributed by atoms with Crippen molar-refractivity contribution < 1.29 is 0 Å². The lowest BCUT2D eigenvalue weighted by Gasteiger charge is -2.22. The van der Waals surface area contributed by atoms with Gasteiger partial charge in [-0.3, -0.25) is 4.99 Å². The molecule has 4 heteroatoms. The fourth-order valence-corrected chi connectivity index (χ4v) is 3.52. The summed E-state index contributed by atoms with van der Waals surface area (Å²) in [4.78, 5) is 9.37. The number of anilines is 1. The first-order valence-corrected chi connectivity index (χ1v) is 8.67. The summed E-state index contributed by atoms with van der Waals surface area (Å²) in [5, 5.41) is 3.54. The molecule has 1 saturated heterocycles. The highest BCUT2D eigenvalue weighted by Gasteiger charge is 2.22. The first-order valence-electron chi connectivity index (χ1n) is 8.67. The van der Waals surface area contributed by atoms with Crippen molar-refractivity contribution in [2.45, 2.75) is 32.1 Å². The van der Waals surface area contributed by atoms with Crippen molar-refractivity contribution in [3.8, 4) is 0 Å². The van der Waals surface area contributed by atoms with Crippen LogP contribution < -0.4 is 10.2 Å². The Morgan fingerprint density at radius 2 is 1.95 bits per heavy atom. The average Bonchev–Trinajstić information content (AvgIpc) is 3.20. The number of hydrogen-bond acceptors (Lipinski definition) is 2. The maximum Gasteiger partial charge on any atom is 0.198 e. The third-order valence-electron chi connectivity index (χ3n) is 4.74. The molecule has 4 nitrogen and oxygen atoms in total. The molecule has 1 aromatic rings. The second-order valence-electron chi connectivity index (χ2n) is 6.26. The summed E-state index contributed by atoms with van der Waals surface area (Å²) in [5.74, 6) is 1.02. The molecule has 0 bridgehead atoms. The first kappa shape index (κ1) is 15.3. The van der Waals surface area contributed by atoms with Gasteiger partial charge in [0.2, 0.25) is 0 Å². The van der Waals surface area contributed by atoms with Crippen molar-refractivity contribution in [2.24, 2.45) is 4.99 Å². The molecule has 120 valence electrons. The van der Waals surface area contributed by atoms with Crippen molar-refractivity contribution in [3.63, 3.8) is 0 Å². The van der Waals surface area contributed by atoms with Crippen LogP contribution in [0.1, 0.15) is 31.2 Å². The minimum Gasteiger partial charge on any atom is -0.356 e. The summed E-state index contributed by atoms with van der Waals surface area (Å²) >= 11 is 0. The van der Waals surface area contributed by atoms with Gasteiger partial charge in [-0.25, -0.2) is 0 Å². The third-order valence-corrected chi connectivity index (χ3v) is 4.74. The van der Waals surface area contributed by atoms with Crippen LogP contribution in [-0.4, -0.2) is 50.6 Å². The van der Waals surface area contributed by atoms with Gasteiger partial charge in [0.1, 0.15) is 0 Å². The quantitative estimate of drug-likeness (QED) is 0.515. The van der Waals surface area contributed by atoms with E-state index in [1.165, 1.54) is 56.6 Å². The Morgan fingerprint density at radius 1 is 1.14 bits per heavy atom. The Kier molecular flexibility index (Phi) is 5.33. The van der Waals surface area contributed by atoms with E-state index in [9.17, 15) is 0 Å². The molecule has 0 aliphatic carbocycles. The lowest BCUT2D eigenvalue weighted by Crippen LogP contribution is -2.41. The number of nitrogens with one attached hydrogen (secondary N) is 1. The van der Waals surface area contributed by atoms with Gasteiger partial charge in [-0.05, 0) is 63.4 Å². The summed E-state index contributed by atoms with van der Waals surface area (Å²) in [6, 6.07) is 8.65. The molecule has 3 rings (SSSR count). The van der Waals surface area contributed by atoms with E-state index in [-0.39, 0.29) is 0 Å². The minimum atomic E-state index is 1.01. The topological polar surface area (TPSA) is 30.9 Å². The predicted octanol–water partition coefficient (Wildman–Crippen LogP) is 2.50. The molecule has 0 atom stereocenters. The van der Waals surface area contributed by atoms with Crippen LogP contribution >= 0.6 is 0 Å². The molecule has 1 fully saturated rings. The molecule has 1 N–H and O–H groups in total. The van der Waals surface area contributed by atoms with Gasteiger partial charge in [0, 0.05) is 25.8 Å². The van der Waals surface area contributed by atoms with Gasteiger partial charge in [0.25, 0.3) is 0 Å². The lowest BCUT2D eigenvalue weighted by molar-refractivity contribution is 0.330. The molecule has 0 unspecified atom stereocenters. The van der Waals surface area contributed by atoms with Gasteiger partial charge < -0.3 is 15.1 Å². The van der Waals surface area contributed by atoms with Crippen LogP contribution in [0.3, 0.4) is 0 Å². The molecule has 1 aromatic carbocycles. The Balaban J connectivity index is 1.43. The molecule has 0 spiro atoms. The second-order valence-corrected chi connectivity index (χ2v) is 6.26. The highest BCUT2D eigenvalue weighted by Crippen LogP contribution is 2.27. The standard InChI is InChI=1S/C18H28N4/c1-19-18(20-11-4-5-12-21-13-6-7-14-21)22-15-10-16-8-2-3-9-17(16)22/h2-3,8-9H,4-7,10-15H2,1H3,(H,19,20). The zero-order valence-corrected chi connectivity index (χ0v) is 13.7. The monoisotopic (exact) mass is 300 g/mol.